The van der Waals surface area contributed by atoms with E-state index in [0.29, 0.717) is 0 Å². The summed E-state index contributed by atoms with van der Waals surface area (Å²) in [4.78, 5) is 4.97. The lowest BCUT2D eigenvalue weighted by Gasteiger charge is -2.18. The molecule has 0 aliphatic carbocycles. The van der Waals surface area contributed by atoms with E-state index in [9.17, 15) is 0 Å². The Balaban J connectivity index is 1.28. The van der Waals surface area contributed by atoms with Crippen molar-refractivity contribution in [2.45, 2.75) is 0 Å². The largest absolute Gasteiger partial charge is 0.380 e. The van der Waals surface area contributed by atoms with Gasteiger partial charge in [-0.25, -0.2) is 4.98 Å². The van der Waals surface area contributed by atoms with Crippen LogP contribution in [-0.4, -0.2) is 11.5 Å². The molecular weight excluding hydrogens is 508 g/mol. The normalized spacial score (nSPS) is 12.9. The van der Waals surface area contributed by atoms with Gasteiger partial charge in [-0.05, 0) is 78.8 Å². The lowest BCUT2D eigenvalue weighted by Crippen LogP contribution is -2.15. The summed E-state index contributed by atoms with van der Waals surface area (Å²) in [6.45, 7) is 0.827. The summed E-state index contributed by atoms with van der Waals surface area (Å²) in [6, 6.07) is 48.2. The van der Waals surface area contributed by atoms with Crippen molar-refractivity contribution < 1.29 is 0 Å². The molecule has 0 fully saturated rings. The average Bonchev–Trinajstić information content (AvgIpc) is 3.07. The lowest BCUT2D eigenvalue weighted by molar-refractivity contribution is 0.982. The van der Waals surface area contributed by atoms with Crippen molar-refractivity contribution >= 4 is 38.0 Å². The zero-order valence-corrected chi connectivity index (χ0v) is 23.1. The molecule has 2 heterocycles. The summed E-state index contributed by atoms with van der Waals surface area (Å²) in [6.07, 6.45) is 6.26. The molecule has 6 aromatic carbocycles. The molecule has 0 saturated carbocycles. The number of hydrogen-bond acceptors (Lipinski definition) is 2. The number of allylic oxidation sites excluding steroid dienone is 2. The summed E-state index contributed by atoms with van der Waals surface area (Å²) in [5, 5.41) is 11.0. The molecule has 8 rings (SSSR count). The minimum absolute atomic E-state index is 0.827. The van der Waals surface area contributed by atoms with Crippen molar-refractivity contribution in [1.29, 1.82) is 0 Å². The van der Waals surface area contributed by atoms with Gasteiger partial charge < -0.3 is 5.32 Å². The Hall–Kier alpha value is -5.47. The Kier molecular flexibility index (Phi) is 5.89. The maximum absolute atomic E-state index is 4.97. The number of fused-ring (bicyclic) bond motifs is 3. The van der Waals surface area contributed by atoms with Gasteiger partial charge in [0.15, 0.2) is 0 Å². The van der Waals surface area contributed by atoms with Crippen LogP contribution in [0.25, 0.3) is 71.5 Å². The molecule has 1 N–H and O–H groups in total. The predicted octanol–water partition coefficient (Wildman–Crippen LogP) is 10.0. The molecule has 0 bridgehead atoms. The summed E-state index contributed by atoms with van der Waals surface area (Å²) in [5.41, 5.74) is 9.09. The van der Waals surface area contributed by atoms with E-state index in [0.717, 1.165) is 29.2 Å². The van der Waals surface area contributed by atoms with Gasteiger partial charge in [-0.15, -0.1) is 0 Å². The van der Waals surface area contributed by atoms with Crippen LogP contribution in [0.15, 0.2) is 152 Å². The number of nitrogens with one attached hydrogen (secondary N) is 1. The molecule has 1 aliphatic rings. The van der Waals surface area contributed by atoms with Crippen LogP contribution >= 0.6 is 0 Å². The predicted molar refractivity (Wildman–Crippen MR) is 178 cm³/mol. The van der Waals surface area contributed by atoms with Gasteiger partial charge in [-0.3, -0.25) is 0 Å². The smallest absolute Gasteiger partial charge is 0.0868 e. The van der Waals surface area contributed by atoms with E-state index in [1.807, 2.05) is 0 Å². The van der Waals surface area contributed by atoms with Gasteiger partial charge in [0.1, 0.15) is 0 Å². The minimum Gasteiger partial charge on any atom is -0.380 e. The van der Waals surface area contributed by atoms with Crippen molar-refractivity contribution in [3.05, 3.63) is 157 Å². The topological polar surface area (TPSA) is 24.9 Å². The zero-order chi connectivity index (χ0) is 27.9. The number of pyridine rings is 1. The molecule has 0 atom stereocenters. The number of rotatable bonds is 4. The highest BCUT2D eigenvalue weighted by Gasteiger charge is 2.17. The van der Waals surface area contributed by atoms with Crippen LogP contribution in [0, 0.1) is 0 Å². The third-order valence-corrected chi connectivity index (χ3v) is 8.27. The first-order valence-electron chi connectivity index (χ1n) is 14.4. The van der Waals surface area contributed by atoms with Crippen molar-refractivity contribution in [2.24, 2.45) is 0 Å². The van der Waals surface area contributed by atoms with Gasteiger partial charge in [0.2, 0.25) is 0 Å². The number of nitrogens with zero attached hydrogens (tertiary/aromatic N) is 1. The molecule has 1 aliphatic heterocycles. The fourth-order valence-corrected chi connectivity index (χ4v) is 6.28. The number of benzene rings is 6. The van der Waals surface area contributed by atoms with E-state index in [-0.39, 0.29) is 0 Å². The van der Waals surface area contributed by atoms with Crippen molar-refractivity contribution in [3.8, 4) is 33.5 Å². The maximum Gasteiger partial charge on any atom is 0.0868 e. The standard InChI is InChI=1S/C40H28N2/c1-2-11-30-26-31(24-19-27(30)10-1)40-34-14-5-3-12-32(34)39(33-13-4-6-15-35(33)40)29-22-20-28(21-23-29)36-17-9-18-38(42-36)37-16-7-8-25-41-37/h1-24,26,41H,25H2. The molecular formula is C40H28N2. The van der Waals surface area contributed by atoms with Crippen molar-refractivity contribution in [1.82, 2.24) is 10.3 Å². The molecule has 42 heavy (non-hydrogen) atoms. The highest BCUT2D eigenvalue weighted by molar-refractivity contribution is 6.21. The Morgan fingerprint density at radius 3 is 1.71 bits per heavy atom. The van der Waals surface area contributed by atoms with Crippen LogP contribution in [0.3, 0.4) is 0 Å². The highest BCUT2D eigenvalue weighted by Crippen LogP contribution is 2.44. The van der Waals surface area contributed by atoms with Gasteiger partial charge in [-0.1, -0.05) is 127 Å². The minimum atomic E-state index is 0.827. The number of dihydropyridines is 1. The summed E-state index contributed by atoms with van der Waals surface area (Å²) < 4.78 is 0. The summed E-state index contributed by atoms with van der Waals surface area (Å²) >= 11 is 0. The Morgan fingerprint density at radius 2 is 1.05 bits per heavy atom. The van der Waals surface area contributed by atoms with Crippen molar-refractivity contribution in [3.63, 3.8) is 0 Å². The fraction of sp³-hybridized carbons (Fsp3) is 0.0250. The molecule has 0 radical (unpaired) electrons. The second-order valence-corrected chi connectivity index (χ2v) is 10.8. The van der Waals surface area contributed by atoms with E-state index in [1.54, 1.807) is 0 Å². The van der Waals surface area contributed by atoms with Crippen LogP contribution in [0.4, 0.5) is 0 Å². The van der Waals surface area contributed by atoms with E-state index >= 15 is 0 Å². The van der Waals surface area contributed by atoms with Gasteiger partial charge in [0, 0.05) is 12.1 Å². The Morgan fingerprint density at radius 1 is 0.476 bits per heavy atom. The first-order valence-corrected chi connectivity index (χ1v) is 14.4. The van der Waals surface area contributed by atoms with E-state index in [1.165, 1.54) is 54.6 Å². The molecule has 198 valence electrons. The Bertz CT molecular complexity index is 2130. The van der Waals surface area contributed by atoms with E-state index in [2.05, 4.69) is 157 Å². The lowest BCUT2D eigenvalue weighted by atomic mass is 9.85. The molecule has 0 unspecified atom stereocenters. The molecule has 2 nitrogen and oxygen atoms in total. The fourth-order valence-electron chi connectivity index (χ4n) is 6.28. The van der Waals surface area contributed by atoms with Crippen molar-refractivity contribution in [2.75, 3.05) is 6.54 Å². The van der Waals surface area contributed by atoms with Crippen LogP contribution in [0.1, 0.15) is 5.69 Å². The van der Waals surface area contributed by atoms with Gasteiger partial charge in [0.25, 0.3) is 0 Å². The second kappa shape index (κ2) is 10.2. The first kappa shape index (κ1) is 24.3. The highest BCUT2D eigenvalue weighted by atomic mass is 14.9. The first-order chi connectivity index (χ1) is 20.8. The zero-order valence-electron chi connectivity index (χ0n) is 23.1. The summed E-state index contributed by atoms with van der Waals surface area (Å²) in [5.74, 6) is 0. The molecule has 0 amide bonds. The van der Waals surface area contributed by atoms with E-state index in [4.69, 9.17) is 4.98 Å². The second-order valence-electron chi connectivity index (χ2n) is 10.8. The van der Waals surface area contributed by atoms with Crippen LogP contribution in [0.2, 0.25) is 0 Å². The van der Waals surface area contributed by atoms with Crippen LogP contribution in [0.5, 0.6) is 0 Å². The molecule has 0 spiro atoms. The Labute approximate surface area is 245 Å². The van der Waals surface area contributed by atoms with Gasteiger partial charge in [0.05, 0.1) is 17.1 Å². The number of hydrogen-bond donors (Lipinski definition) is 1. The monoisotopic (exact) mass is 536 g/mol. The van der Waals surface area contributed by atoms with Gasteiger partial charge in [-0.2, -0.15) is 0 Å². The maximum atomic E-state index is 4.97. The molecule has 7 aromatic rings. The molecule has 2 heteroatoms. The quantitative estimate of drug-likeness (QED) is 0.226. The summed E-state index contributed by atoms with van der Waals surface area (Å²) in [7, 11) is 0. The average molecular weight is 537 g/mol. The number of aromatic nitrogens is 1. The molecule has 0 saturated heterocycles. The SMILES string of the molecule is C1=CCNC(c2cccc(-c3ccc(-c4c5ccccc5c(-c5ccc6ccccc6c5)c5ccccc45)cc3)n2)=C1. The van der Waals surface area contributed by atoms with Crippen LogP contribution in [-0.2, 0) is 0 Å². The third-order valence-electron chi connectivity index (χ3n) is 8.27. The molecule has 1 aromatic heterocycles. The van der Waals surface area contributed by atoms with E-state index < -0.39 is 0 Å². The third kappa shape index (κ3) is 4.17. The van der Waals surface area contributed by atoms with Crippen LogP contribution < -0.4 is 5.32 Å². The van der Waals surface area contributed by atoms with Gasteiger partial charge >= 0.3 is 0 Å².